The van der Waals surface area contributed by atoms with E-state index in [2.05, 4.69) is 109 Å². The average Bonchev–Trinajstić information content (AvgIpc) is 2.80. The van der Waals surface area contributed by atoms with Gasteiger partial charge in [-0.1, -0.05) is 107 Å². The molecule has 0 unspecified atom stereocenters. The summed E-state index contributed by atoms with van der Waals surface area (Å²) in [5.41, 5.74) is 8.05. The number of rotatable bonds is 2. The first-order valence-corrected chi connectivity index (χ1v) is 12.4. The van der Waals surface area contributed by atoms with Gasteiger partial charge in [-0.25, -0.2) is 0 Å². The van der Waals surface area contributed by atoms with E-state index in [-0.39, 0.29) is 62.4 Å². The molecule has 0 spiro atoms. The standard InChI is InChI=1S/2C10H15N.4C2H6.C2H5.2CH4.2CH3.Y/c2*1-8-6-5-7-9(2)10(8)11(3)4;5*1-2;;;;;/h2*5-7H,1-4H3;4*1-2H3;1H2,2H3;2*1H4;2*1H3;/q;;;;;;-1;;;2*-1;+3. The fourth-order valence-corrected chi connectivity index (χ4v) is 3.02. The molecule has 2 aromatic carbocycles. The molecule has 0 aliphatic heterocycles. The van der Waals surface area contributed by atoms with E-state index >= 15 is 0 Å². The van der Waals surface area contributed by atoms with Gasteiger partial charge in [0.25, 0.3) is 0 Å². The zero-order chi connectivity index (χ0) is 26.9. The fraction of sp³-hybridized carbons (Fsp3) is 0.559. The van der Waals surface area contributed by atoms with Crippen LogP contribution in [0, 0.1) is 49.5 Å². The molecule has 0 saturated carbocycles. The molecule has 2 rings (SSSR count). The Morgan fingerprint density at radius 2 is 0.595 bits per heavy atom. The Morgan fingerprint density at radius 3 is 0.676 bits per heavy atom. The molecule has 3 heteroatoms. The molecule has 0 amide bonds. The first-order valence-electron chi connectivity index (χ1n) is 12.4. The van der Waals surface area contributed by atoms with Crippen LogP contribution in [0.5, 0.6) is 0 Å². The SMILES string of the molecule is C.C.CC.CC.CC.CC.Cc1cccc(C)c1N(C)C.Cc1cccc(C)c1N(C)C.[CH2-]C.[CH3-].[CH3-].[Y+3]. The third-order valence-corrected chi connectivity index (χ3v) is 3.77. The summed E-state index contributed by atoms with van der Waals surface area (Å²) >= 11 is 0. The minimum absolute atomic E-state index is 0. The first-order chi connectivity index (χ1) is 15.3. The van der Waals surface area contributed by atoms with Crippen LogP contribution in [-0.2, 0) is 32.7 Å². The number of hydrogen-bond donors (Lipinski definition) is 0. The Hall–Kier alpha value is -0.856. The molecular formula is C34H73N2Y. The molecule has 0 aromatic heterocycles. The predicted molar refractivity (Wildman–Crippen MR) is 183 cm³/mol. The molecule has 0 fully saturated rings. The molecule has 2 nitrogen and oxygen atoms in total. The Kier molecular flexibility index (Phi) is 85.1. The van der Waals surface area contributed by atoms with Crippen LogP contribution >= 0.6 is 0 Å². The van der Waals surface area contributed by atoms with Gasteiger partial charge < -0.3 is 31.6 Å². The smallest absolute Gasteiger partial charge is 0.377 e. The Morgan fingerprint density at radius 1 is 0.459 bits per heavy atom. The predicted octanol–water partition coefficient (Wildman–Crippen LogP) is 11.9. The number of para-hydroxylation sites is 2. The minimum atomic E-state index is 0. The van der Waals surface area contributed by atoms with Gasteiger partial charge in [0.15, 0.2) is 0 Å². The van der Waals surface area contributed by atoms with Crippen LogP contribution in [0.2, 0.25) is 0 Å². The molecule has 0 radical (unpaired) electrons. The summed E-state index contributed by atoms with van der Waals surface area (Å²) in [6.07, 6.45) is 0. The van der Waals surface area contributed by atoms with Crippen LogP contribution in [0.25, 0.3) is 0 Å². The van der Waals surface area contributed by atoms with Crippen molar-refractivity contribution >= 4 is 11.4 Å². The molecule has 0 bridgehead atoms. The van der Waals surface area contributed by atoms with E-state index in [0.717, 1.165) is 0 Å². The van der Waals surface area contributed by atoms with Crippen LogP contribution in [0.4, 0.5) is 11.4 Å². The normalized spacial score (nSPS) is 6.65. The van der Waals surface area contributed by atoms with E-state index in [1.807, 2.05) is 55.4 Å². The number of benzene rings is 2. The number of aryl methyl sites for hydroxylation is 4. The third-order valence-electron chi connectivity index (χ3n) is 3.77. The van der Waals surface area contributed by atoms with Gasteiger partial charge >= 0.3 is 32.7 Å². The Labute approximate surface area is 265 Å². The second-order valence-electron chi connectivity index (χ2n) is 6.27. The molecular weight excluding hydrogens is 525 g/mol. The third kappa shape index (κ3) is 31.3. The second kappa shape index (κ2) is 48.2. The molecule has 0 atom stereocenters. The number of anilines is 2. The van der Waals surface area contributed by atoms with Gasteiger partial charge in [-0.15, -0.1) is 0 Å². The summed E-state index contributed by atoms with van der Waals surface area (Å²) in [6.45, 7) is 29.6. The van der Waals surface area contributed by atoms with Gasteiger partial charge in [-0.2, -0.15) is 6.92 Å². The molecule has 0 saturated heterocycles. The summed E-state index contributed by atoms with van der Waals surface area (Å²) in [5.74, 6) is 0. The molecule has 0 aliphatic carbocycles. The first kappa shape index (κ1) is 65.3. The number of nitrogens with zero attached hydrogens (tertiary/aromatic N) is 2. The second-order valence-corrected chi connectivity index (χ2v) is 6.27. The summed E-state index contributed by atoms with van der Waals surface area (Å²) in [4.78, 5) is 4.31. The van der Waals surface area contributed by atoms with E-state index in [1.54, 1.807) is 6.92 Å². The van der Waals surface area contributed by atoms with Crippen molar-refractivity contribution in [3.8, 4) is 0 Å². The Balaban J connectivity index is -0.0000000334. The number of hydrogen-bond acceptors (Lipinski definition) is 2. The molecule has 0 N–H and O–H groups in total. The van der Waals surface area contributed by atoms with E-state index < -0.39 is 0 Å². The molecule has 2 aromatic rings. The maximum absolute atomic E-state index is 3.25. The van der Waals surface area contributed by atoms with Crippen molar-refractivity contribution in [1.29, 1.82) is 0 Å². The zero-order valence-electron chi connectivity index (χ0n) is 27.6. The maximum Gasteiger partial charge on any atom is 3.00 e. The van der Waals surface area contributed by atoms with E-state index in [4.69, 9.17) is 0 Å². The monoisotopic (exact) mass is 598 g/mol. The van der Waals surface area contributed by atoms with Crippen LogP contribution in [-0.4, -0.2) is 28.2 Å². The van der Waals surface area contributed by atoms with E-state index in [9.17, 15) is 0 Å². The minimum Gasteiger partial charge on any atom is -0.377 e. The maximum atomic E-state index is 3.25. The van der Waals surface area contributed by atoms with Crippen molar-refractivity contribution in [2.75, 3.05) is 38.0 Å². The van der Waals surface area contributed by atoms with Crippen LogP contribution in [0.3, 0.4) is 0 Å². The van der Waals surface area contributed by atoms with E-state index in [1.165, 1.54) is 33.6 Å². The van der Waals surface area contributed by atoms with Gasteiger partial charge in [0.1, 0.15) is 0 Å². The zero-order valence-corrected chi connectivity index (χ0v) is 30.5. The van der Waals surface area contributed by atoms with Crippen molar-refractivity contribution in [3.05, 3.63) is 80.4 Å². The van der Waals surface area contributed by atoms with Gasteiger partial charge in [-0.05, 0) is 49.9 Å². The van der Waals surface area contributed by atoms with Crippen molar-refractivity contribution in [3.63, 3.8) is 0 Å². The van der Waals surface area contributed by atoms with Crippen LogP contribution in [0.15, 0.2) is 36.4 Å². The Bertz CT molecular complexity index is 525. The summed E-state index contributed by atoms with van der Waals surface area (Å²) in [5, 5.41) is 0. The summed E-state index contributed by atoms with van der Waals surface area (Å²) in [7, 11) is 8.31. The molecule has 0 heterocycles. The quantitative estimate of drug-likeness (QED) is 0.317. The van der Waals surface area contributed by atoms with Gasteiger partial charge in [-0.3, -0.25) is 0 Å². The average molecular weight is 599 g/mol. The van der Waals surface area contributed by atoms with Crippen molar-refractivity contribution in [2.45, 2.75) is 105 Å². The fourth-order valence-electron chi connectivity index (χ4n) is 3.02. The molecule has 222 valence electrons. The summed E-state index contributed by atoms with van der Waals surface area (Å²) in [6, 6.07) is 12.8. The summed E-state index contributed by atoms with van der Waals surface area (Å²) < 4.78 is 0. The van der Waals surface area contributed by atoms with Crippen molar-refractivity contribution in [2.24, 2.45) is 0 Å². The van der Waals surface area contributed by atoms with Crippen LogP contribution < -0.4 is 9.80 Å². The van der Waals surface area contributed by atoms with Crippen molar-refractivity contribution in [1.82, 2.24) is 0 Å². The largest absolute Gasteiger partial charge is 3.00 e. The van der Waals surface area contributed by atoms with Gasteiger partial charge in [0.2, 0.25) is 0 Å². The van der Waals surface area contributed by atoms with E-state index in [0.29, 0.717) is 0 Å². The topological polar surface area (TPSA) is 6.48 Å². The van der Waals surface area contributed by atoms with Gasteiger partial charge in [0.05, 0.1) is 0 Å². The van der Waals surface area contributed by atoms with Gasteiger partial charge in [0, 0.05) is 39.6 Å². The van der Waals surface area contributed by atoms with Crippen molar-refractivity contribution < 1.29 is 32.7 Å². The molecule has 0 aliphatic rings. The van der Waals surface area contributed by atoms with Crippen LogP contribution in [0.1, 0.15) is 99.4 Å². The molecule has 37 heavy (non-hydrogen) atoms.